The first kappa shape index (κ1) is 21.0. The molecule has 1 aromatic carbocycles. The van der Waals surface area contributed by atoms with Crippen LogP contribution in [-0.2, 0) is 22.7 Å². The lowest BCUT2D eigenvalue weighted by atomic mass is 10.1. The summed E-state index contributed by atoms with van der Waals surface area (Å²) in [6.07, 6.45) is 0. The predicted molar refractivity (Wildman–Crippen MR) is 105 cm³/mol. The van der Waals surface area contributed by atoms with Crippen molar-refractivity contribution in [2.45, 2.75) is 20.1 Å². The quantitative estimate of drug-likeness (QED) is 0.723. The third-order valence-corrected chi connectivity index (χ3v) is 5.23. The van der Waals surface area contributed by atoms with Gasteiger partial charge in [-0.05, 0) is 41.1 Å². The average molecular weight is 455 g/mol. The molecule has 1 amide bonds. The fraction of sp³-hybridized carbons (Fsp3) is 0.278. The number of methoxy groups -OCH3 is 2. The molecule has 9 heteroatoms. The zero-order valence-corrected chi connectivity index (χ0v) is 17.3. The molecule has 0 bridgehead atoms. The third-order valence-electron chi connectivity index (χ3n) is 3.89. The lowest BCUT2D eigenvalue weighted by Crippen LogP contribution is -2.32. The number of nitriles is 1. The molecule has 1 aromatic heterocycles. The number of amides is 1. The first-order valence-corrected chi connectivity index (χ1v) is 8.95. The van der Waals surface area contributed by atoms with Crippen LogP contribution in [0.1, 0.15) is 16.8 Å². The molecule has 1 N–H and O–H groups in total. The largest absolute Gasteiger partial charge is 0.495 e. The molecule has 0 atom stereocenters. The number of hydrogen-bond acceptors (Lipinski definition) is 5. The van der Waals surface area contributed by atoms with Gasteiger partial charge in [-0.15, -0.1) is 0 Å². The topological polar surface area (TPSA) is 93.3 Å². The third kappa shape index (κ3) is 4.50. The molecular formula is C18H17BrClN3O4. The highest BCUT2D eigenvalue weighted by Gasteiger charge is 2.19. The van der Waals surface area contributed by atoms with Crippen molar-refractivity contribution in [1.82, 2.24) is 4.57 Å². The Morgan fingerprint density at radius 1 is 1.41 bits per heavy atom. The molecule has 0 saturated carbocycles. The van der Waals surface area contributed by atoms with Crippen molar-refractivity contribution in [3.05, 3.63) is 54.9 Å². The fourth-order valence-electron chi connectivity index (χ4n) is 2.54. The highest BCUT2D eigenvalue weighted by molar-refractivity contribution is 9.10. The smallest absolute Gasteiger partial charge is 0.269 e. The summed E-state index contributed by atoms with van der Waals surface area (Å²) < 4.78 is 11.9. The van der Waals surface area contributed by atoms with Gasteiger partial charge in [0.15, 0.2) is 0 Å². The van der Waals surface area contributed by atoms with Crippen molar-refractivity contribution >= 4 is 39.1 Å². The zero-order chi connectivity index (χ0) is 20.1. The minimum Gasteiger partial charge on any atom is -0.495 e. The number of halogens is 2. The molecule has 0 aliphatic heterocycles. The Morgan fingerprint density at radius 2 is 2.11 bits per heavy atom. The lowest BCUT2D eigenvalue weighted by molar-refractivity contribution is -0.116. The van der Waals surface area contributed by atoms with E-state index in [4.69, 9.17) is 21.1 Å². The van der Waals surface area contributed by atoms with Crippen LogP contribution in [0.4, 0.5) is 5.69 Å². The summed E-state index contributed by atoms with van der Waals surface area (Å²) in [6, 6.07) is 6.70. The van der Waals surface area contributed by atoms with Gasteiger partial charge in [-0.1, -0.05) is 11.6 Å². The van der Waals surface area contributed by atoms with Crippen molar-refractivity contribution in [2.75, 3.05) is 19.5 Å². The van der Waals surface area contributed by atoms with Crippen molar-refractivity contribution < 1.29 is 14.3 Å². The Kier molecular flexibility index (Phi) is 7.02. The molecule has 0 fully saturated rings. The second kappa shape index (κ2) is 9.04. The SMILES string of the molecule is COCc1c(Br)c(C)n(CC(=O)Nc2ccc(OC)c(Cl)c2)c(=O)c1C#N. The molecule has 7 nitrogen and oxygen atoms in total. The number of hydrogen-bond donors (Lipinski definition) is 1. The van der Waals surface area contributed by atoms with Crippen molar-refractivity contribution in [1.29, 1.82) is 5.26 Å². The number of benzene rings is 1. The number of carbonyl (C=O) groups is 1. The number of anilines is 1. The van der Waals surface area contributed by atoms with E-state index in [1.165, 1.54) is 18.8 Å². The number of aromatic nitrogens is 1. The van der Waals surface area contributed by atoms with Gasteiger partial charge in [-0.25, -0.2) is 0 Å². The molecule has 0 saturated heterocycles. The Morgan fingerprint density at radius 3 is 2.67 bits per heavy atom. The summed E-state index contributed by atoms with van der Waals surface area (Å²) in [6.45, 7) is 1.54. The van der Waals surface area contributed by atoms with Crippen LogP contribution in [-0.4, -0.2) is 24.7 Å². The van der Waals surface area contributed by atoms with Crippen LogP contribution in [0.25, 0.3) is 0 Å². The summed E-state index contributed by atoms with van der Waals surface area (Å²) in [5.74, 6) is 0.0507. The van der Waals surface area contributed by atoms with Gasteiger partial charge < -0.3 is 19.4 Å². The molecular weight excluding hydrogens is 438 g/mol. The molecule has 142 valence electrons. The monoisotopic (exact) mass is 453 g/mol. The molecule has 2 aromatic rings. The molecule has 0 radical (unpaired) electrons. The van der Waals surface area contributed by atoms with Crippen LogP contribution in [0.5, 0.6) is 5.75 Å². The fourth-order valence-corrected chi connectivity index (χ4v) is 3.32. The highest BCUT2D eigenvalue weighted by atomic mass is 79.9. The summed E-state index contributed by atoms with van der Waals surface area (Å²) in [4.78, 5) is 25.0. The standard InChI is InChI=1S/C18H17BrClN3O4/c1-10-17(19)13(9-26-2)12(7-21)18(25)23(10)8-16(24)22-11-4-5-15(27-3)14(20)6-11/h4-6H,8-9H2,1-3H3,(H,22,24). The zero-order valence-electron chi connectivity index (χ0n) is 14.9. The molecule has 2 rings (SSSR count). The summed E-state index contributed by atoms with van der Waals surface area (Å²) in [5, 5.41) is 12.4. The van der Waals surface area contributed by atoms with Gasteiger partial charge in [0.25, 0.3) is 5.56 Å². The Balaban J connectivity index is 2.33. The highest BCUT2D eigenvalue weighted by Crippen LogP contribution is 2.27. The maximum atomic E-state index is 12.6. The van der Waals surface area contributed by atoms with Crippen LogP contribution in [0.15, 0.2) is 27.5 Å². The Bertz CT molecular complexity index is 982. The van der Waals surface area contributed by atoms with E-state index in [2.05, 4.69) is 21.2 Å². The molecule has 0 aliphatic carbocycles. The summed E-state index contributed by atoms with van der Waals surface area (Å²) in [5.41, 5.74) is 0.838. The van der Waals surface area contributed by atoms with Crippen LogP contribution < -0.4 is 15.6 Å². The summed E-state index contributed by atoms with van der Waals surface area (Å²) in [7, 11) is 2.97. The van der Waals surface area contributed by atoms with E-state index in [1.807, 2.05) is 6.07 Å². The minimum absolute atomic E-state index is 0.0605. The van der Waals surface area contributed by atoms with E-state index < -0.39 is 11.5 Å². The molecule has 1 heterocycles. The average Bonchev–Trinajstić information content (AvgIpc) is 2.64. The normalized spacial score (nSPS) is 10.4. The first-order chi connectivity index (χ1) is 12.8. The minimum atomic E-state index is -0.548. The first-order valence-electron chi connectivity index (χ1n) is 7.78. The van der Waals surface area contributed by atoms with Crippen molar-refractivity contribution in [3.8, 4) is 11.8 Å². The number of carbonyl (C=O) groups excluding carboxylic acids is 1. The second-order valence-electron chi connectivity index (χ2n) is 5.59. The van der Waals surface area contributed by atoms with E-state index >= 15 is 0 Å². The number of pyridine rings is 1. The molecule has 0 spiro atoms. The lowest BCUT2D eigenvalue weighted by Gasteiger charge is -2.16. The van der Waals surface area contributed by atoms with E-state index in [0.717, 1.165) is 0 Å². The number of nitrogens with zero attached hydrogens (tertiary/aromatic N) is 2. The van der Waals surface area contributed by atoms with E-state index in [0.29, 0.717) is 32.2 Å². The van der Waals surface area contributed by atoms with Gasteiger partial charge in [0, 0.05) is 28.5 Å². The van der Waals surface area contributed by atoms with Crippen LogP contribution in [0.3, 0.4) is 0 Å². The molecule has 0 aliphatic rings. The second-order valence-corrected chi connectivity index (χ2v) is 6.79. The number of ether oxygens (including phenoxy) is 2. The van der Waals surface area contributed by atoms with Gasteiger partial charge in [0.2, 0.25) is 5.91 Å². The van der Waals surface area contributed by atoms with Gasteiger partial charge in [-0.2, -0.15) is 5.26 Å². The Hall–Kier alpha value is -2.34. The van der Waals surface area contributed by atoms with E-state index in [9.17, 15) is 14.9 Å². The van der Waals surface area contributed by atoms with Crippen LogP contribution in [0.2, 0.25) is 5.02 Å². The van der Waals surface area contributed by atoms with Gasteiger partial charge >= 0.3 is 0 Å². The predicted octanol–water partition coefficient (Wildman–Crippen LogP) is 3.24. The number of nitrogens with one attached hydrogen (secondary N) is 1. The van der Waals surface area contributed by atoms with Crippen molar-refractivity contribution in [3.63, 3.8) is 0 Å². The van der Waals surface area contributed by atoms with Gasteiger partial charge in [0.05, 0.1) is 18.7 Å². The van der Waals surface area contributed by atoms with Gasteiger partial charge in [0.1, 0.15) is 23.9 Å². The van der Waals surface area contributed by atoms with E-state index in [-0.39, 0.29) is 18.7 Å². The van der Waals surface area contributed by atoms with Crippen LogP contribution >= 0.6 is 27.5 Å². The maximum absolute atomic E-state index is 12.6. The Labute approximate surface area is 169 Å². The summed E-state index contributed by atoms with van der Waals surface area (Å²) >= 11 is 9.43. The van der Waals surface area contributed by atoms with Crippen LogP contribution in [0, 0.1) is 18.3 Å². The molecule has 0 unspecified atom stereocenters. The van der Waals surface area contributed by atoms with E-state index in [1.54, 1.807) is 25.1 Å². The van der Waals surface area contributed by atoms with Crippen molar-refractivity contribution in [2.24, 2.45) is 0 Å². The number of rotatable bonds is 6. The van der Waals surface area contributed by atoms with Gasteiger partial charge in [-0.3, -0.25) is 9.59 Å². The molecule has 27 heavy (non-hydrogen) atoms. The maximum Gasteiger partial charge on any atom is 0.269 e.